The average molecular weight is 285 g/mol. The van der Waals surface area contributed by atoms with Crippen molar-refractivity contribution in [2.24, 2.45) is 0 Å². The molecule has 0 aliphatic carbocycles. The number of carbonyl (C=O) groups is 1. The number of carbonyl (C=O) groups excluding carboxylic acids is 1. The molecule has 0 aliphatic rings. The van der Waals surface area contributed by atoms with E-state index in [0.717, 1.165) is 11.3 Å². The van der Waals surface area contributed by atoms with Gasteiger partial charge in [-0.3, -0.25) is 14.2 Å². The van der Waals surface area contributed by atoms with Gasteiger partial charge in [-0.15, -0.1) is 0 Å². The number of nitrogens with one attached hydrogen (secondary N) is 1. The van der Waals surface area contributed by atoms with E-state index in [1.807, 2.05) is 38.1 Å². The Hall–Kier alpha value is -2.43. The van der Waals surface area contributed by atoms with Gasteiger partial charge in [0.05, 0.1) is 6.33 Å². The zero-order chi connectivity index (χ0) is 15.2. The molecule has 1 aromatic carbocycles. The minimum atomic E-state index is -0.205. The molecule has 2 aromatic rings. The van der Waals surface area contributed by atoms with Crippen LogP contribution >= 0.6 is 0 Å². The van der Waals surface area contributed by atoms with Gasteiger partial charge in [0, 0.05) is 18.3 Å². The fraction of sp³-hybridized carbons (Fsp3) is 0.312. The Balaban J connectivity index is 1.92. The van der Waals surface area contributed by atoms with Crippen LogP contribution in [-0.4, -0.2) is 15.5 Å². The van der Waals surface area contributed by atoms with Crippen LogP contribution in [0.5, 0.6) is 0 Å². The summed E-state index contributed by atoms with van der Waals surface area (Å²) < 4.78 is 1.31. The van der Waals surface area contributed by atoms with E-state index in [2.05, 4.69) is 10.3 Å². The van der Waals surface area contributed by atoms with Crippen LogP contribution < -0.4 is 10.9 Å². The Kier molecular flexibility index (Phi) is 4.87. The molecule has 5 nitrogen and oxygen atoms in total. The van der Waals surface area contributed by atoms with Crippen molar-refractivity contribution in [1.82, 2.24) is 14.9 Å². The van der Waals surface area contributed by atoms with Gasteiger partial charge in [0.2, 0.25) is 5.91 Å². The van der Waals surface area contributed by atoms with E-state index in [-0.39, 0.29) is 18.0 Å². The summed E-state index contributed by atoms with van der Waals surface area (Å²) in [5.74, 6) is -0.205. The maximum Gasteiger partial charge on any atom is 0.253 e. The molecule has 0 fully saturated rings. The molecular formula is C16H19N3O2. The normalized spacial score (nSPS) is 10.4. The highest BCUT2D eigenvalue weighted by Crippen LogP contribution is 2.02. The highest BCUT2D eigenvalue weighted by atomic mass is 16.2. The number of aryl methyl sites for hydroxylation is 2. The summed E-state index contributed by atoms with van der Waals surface area (Å²) in [6, 6.07) is 9.41. The molecule has 0 bridgehead atoms. The molecule has 5 heteroatoms. The molecule has 1 amide bonds. The molecule has 0 aliphatic heterocycles. The van der Waals surface area contributed by atoms with E-state index in [4.69, 9.17) is 0 Å². The van der Waals surface area contributed by atoms with Crippen molar-refractivity contribution < 1.29 is 4.79 Å². The lowest BCUT2D eigenvalue weighted by Crippen LogP contribution is -2.32. The third kappa shape index (κ3) is 4.27. The summed E-state index contributed by atoms with van der Waals surface area (Å²) in [6.45, 7) is 4.39. The zero-order valence-corrected chi connectivity index (χ0v) is 12.3. The minimum absolute atomic E-state index is 0.0122. The Labute approximate surface area is 123 Å². The standard InChI is InChI=1S/C16H19N3O2/c1-3-14-8-16(21)19(11-18-14)10-15(20)17-9-13-6-4-12(2)5-7-13/h4-8,11H,3,9-10H2,1-2H3,(H,17,20). The minimum Gasteiger partial charge on any atom is -0.350 e. The van der Waals surface area contributed by atoms with E-state index in [1.165, 1.54) is 22.5 Å². The summed E-state index contributed by atoms with van der Waals surface area (Å²) in [4.78, 5) is 27.8. The van der Waals surface area contributed by atoms with Gasteiger partial charge in [-0.25, -0.2) is 4.98 Å². The molecule has 2 rings (SSSR count). The van der Waals surface area contributed by atoms with Crippen LogP contribution in [0.1, 0.15) is 23.7 Å². The fourth-order valence-corrected chi connectivity index (χ4v) is 1.89. The lowest BCUT2D eigenvalue weighted by molar-refractivity contribution is -0.121. The van der Waals surface area contributed by atoms with Gasteiger partial charge < -0.3 is 5.32 Å². The summed E-state index contributed by atoms with van der Waals surface area (Å²) >= 11 is 0. The molecule has 0 atom stereocenters. The Morgan fingerprint density at radius 3 is 2.62 bits per heavy atom. The predicted molar refractivity (Wildman–Crippen MR) is 80.9 cm³/mol. The van der Waals surface area contributed by atoms with Crippen molar-refractivity contribution in [1.29, 1.82) is 0 Å². The summed E-state index contributed by atoms with van der Waals surface area (Å²) in [7, 11) is 0. The lowest BCUT2D eigenvalue weighted by atomic mass is 10.1. The molecule has 0 radical (unpaired) electrons. The molecule has 110 valence electrons. The first kappa shape index (κ1) is 15.0. The van der Waals surface area contributed by atoms with Crippen molar-refractivity contribution in [3.63, 3.8) is 0 Å². The first-order chi connectivity index (χ1) is 10.1. The highest BCUT2D eigenvalue weighted by Gasteiger charge is 2.05. The van der Waals surface area contributed by atoms with Crippen LogP contribution in [0.2, 0.25) is 0 Å². The Morgan fingerprint density at radius 1 is 1.29 bits per heavy atom. The van der Waals surface area contributed by atoms with Crippen LogP contribution in [0.25, 0.3) is 0 Å². The van der Waals surface area contributed by atoms with Crippen LogP contribution in [0, 0.1) is 6.92 Å². The second kappa shape index (κ2) is 6.83. The molecule has 1 heterocycles. The molecule has 0 saturated carbocycles. The second-order valence-electron chi connectivity index (χ2n) is 4.96. The molecule has 1 N–H and O–H groups in total. The van der Waals surface area contributed by atoms with E-state index < -0.39 is 0 Å². The second-order valence-corrected chi connectivity index (χ2v) is 4.96. The number of amides is 1. The number of aromatic nitrogens is 2. The summed E-state index contributed by atoms with van der Waals surface area (Å²) in [5.41, 5.74) is 2.74. The average Bonchev–Trinajstić information content (AvgIpc) is 2.48. The SMILES string of the molecule is CCc1cc(=O)n(CC(=O)NCc2ccc(C)cc2)cn1. The first-order valence-electron chi connectivity index (χ1n) is 6.96. The van der Waals surface area contributed by atoms with Crippen LogP contribution in [0.15, 0.2) is 41.5 Å². The third-order valence-corrected chi connectivity index (χ3v) is 3.22. The Bertz CT molecular complexity index is 675. The zero-order valence-electron chi connectivity index (χ0n) is 12.3. The molecule has 0 saturated heterocycles. The summed E-state index contributed by atoms with van der Waals surface area (Å²) in [6.07, 6.45) is 2.13. The molecule has 1 aromatic heterocycles. The first-order valence-corrected chi connectivity index (χ1v) is 6.96. The summed E-state index contributed by atoms with van der Waals surface area (Å²) in [5, 5.41) is 2.80. The number of rotatable bonds is 5. The van der Waals surface area contributed by atoms with Crippen LogP contribution in [0.3, 0.4) is 0 Å². The van der Waals surface area contributed by atoms with Crippen molar-refractivity contribution in [2.45, 2.75) is 33.4 Å². The predicted octanol–water partition coefficient (Wildman–Crippen LogP) is 1.43. The van der Waals surface area contributed by atoms with Gasteiger partial charge >= 0.3 is 0 Å². The van der Waals surface area contributed by atoms with E-state index in [9.17, 15) is 9.59 Å². The largest absolute Gasteiger partial charge is 0.350 e. The number of hydrogen-bond donors (Lipinski definition) is 1. The van der Waals surface area contributed by atoms with Gasteiger partial charge in [-0.1, -0.05) is 36.8 Å². The quantitative estimate of drug-likeness (QED) is 0.904. The van der Waals surface area contributed by atoms with E-state index in [1.54, 1.807) is 0 Å². The van der Waals surface area contributed by atoms with Gasteiger partial charge in [0.1, 0.15) is 6.54 Å². The maximum atomic E-state index is 11.9. The number of nitrogens with zero attached hydrogens (tertiary/aromatic N) is 2. The maximum absolute atomic E-state index is 11.9. The molecule has 21 heavy (non-hydrogen) atoms. The monoisotopic (exact) mass is 285 g/mol. The van der Waals surface area contributed by atoms with Gasteiger partial charge in [-0.05, 0) is 18.9 Å². The van der Waals surface area contributed by atoms with Crippen LogP contribution in [0.4, 0.5) is 0 Å². The van der Waals surface area contributed by atoms with Crippen molar-refractivity contribution >= 4 is 5.91 Å². The van der Waals surface area contributed by atoms with Crippen molar-refractivity contribution in [3.05, 3.63) is 63.8 Å². The third-order valence-electron chi connectivity index (χ3n) is 3.22. The van der Waals surface area contributed by atoms with E-state index in [0.29, 0.717) is 13.0 Å². The van der Waals surface area contributed by atoms with Gasteiger partial charge in [-0.2, -0.15) is 0 Å². The van der Waals surface area contributed by atoms with E-state index >= 15 is 0 Å². The number of benzene rings is 1. The number of hydrogen-bond acceptors (Lipinski definition) is 3. The molecular weight excluding hydrogens is 266 g/mol. The van der Waals surface area contributed by atoms with Crippen LogP contribution in [-0.2, 0) is 24.3 Å². The molecule has 0 unspecified atom stereocenters. The van der Waals surface area contributed by atoms with Crippen molar-refractivity contribution in [2.75, 3.05) is 0 Å². The molecule has 0 spiro atoms. The van der Waals surface area contributed by atoms with Gasteiger partial charge in [0.15, 0.2) is 0 Å². The lowest BCUT2D eigenvalue weighted by Gasteiger charge is -2.08. The Morgan fingerprint density at radius 2 is 2.00 bits per heavy atom. The topological polar surface area (TPSA) is 64.0 Å². The fourth-order valence-electron chi connectivity index (χ4n) is 1.89. The smallest absolute Gasteiger partial charge is 0.253 e. The van der Waals surface area contributed by atoms with Crippen molar-refractivity contribution in [3.8, 4) is 0 Å². The van der Waals surface area contributed by atoms with Gasteiger partial charge in [0.25, 0.3) is 5.56 Å². The highest BCUT2D eigenvalue weighted by molar-refractivity contribution is 5.75.